The van der Waals surface area contributed by atoms with Crippen molar-refractivity contribution in [3.63, 3.8) is 0 Å². The Balaban J connectivity index is 0.000000212. The molecule has 4 aromatic heterocycles. The second-order valence-electron chi connectivity index (χ2n) is 8.20. The van der Waals surface area contributed by atoms with Crippen molar-refractivity contribution in [2.45, 2.75) is 27.7 Å². The van der Waals surface area contributed by atoms with Crippen molar-refractivity contribution in [2.75, 3.05) is 5.73 Å². The summed E-state index contributed by atoms with van der Waals surface area (Å²) in [6, 6.07) is 6.08. The molecule has 0 unspecified atom stereocenters. The minimum Gasteiger partial charge on any atom is -0.397 e. The van der Waals surface area contributed by atoms with Gasteiger partial charge < -0.3 is 5.73 Å². The summed E-state index contributed by atoms with van der Waals surface area (Å²) in [5, 5.41) is 11.5. The number of hydrogen-bond donors (Lipinski definition) is 1. The van der Waals surface area contributed by atoms with Crippen LogP contribution >= 0.6 is 23.2 Å². The number of carbonyl (C=O) groups excluding carboxylic acids is 2. The van der Waals surface area contributed by atoms with Gasteiger partial charge in [-0.3, -0.25) is 29.7 Å². The number of nitrogens with two attached hydrogens (primary N) is 1. The Labute approximate surface area is 228 Å². The van der Waals surface area contributed by atoms with Crippen molar-refractivity contribution < 1.29 is 14.5 Å². The number of aryl methyl sites for hydroxylation is 4. The lowest BCUT2D eigenvalue weighted by Gasteiger charge is -2.08. The molecule has 0 aliphatic heterocycles. The van der Waals surface area contributed by atoms with Gasteiger partial charge in [0.1, 0.15) is 5.69 Å². The Kier molecular flexibility index (Phi) is 8.82. The lowest BCUT2D eigenvalue weighted by molar-refractivity contribution is -0.385. The summed E-state index contributed by atoms with van der Waals surface area (Å²) in [5.74, 6) is -0.760. The van der Waals surface area contributed by atoms with E-state index in [2.05, 4.69) is 19.9 Å². The number of pyridine rings is 4. The first-order chi connectivity index (χ1) is 17.9. The summed E-state index contributed by atoms with van der Waals surface area (Å²) in [6.07, 6.45) is 5.86. The number of nitrogens with zero attached hydrogens (tertiary/aromatic N) is 5. The van der Waals surface area contributed by atoms with E-state index in [4.69, 9.17) is 28.9 Å². The maximum absolute atomic E-state index is 12.5. The van der Waals surface area contributed by atoms with Crippen LogP contribution in [0.2, 0.25) is 10.0 Å². The monoisotopic (exact) mass is 552 g/mol. The van der Waals surface area contributed by atoms with Gasteiger partial charge in [-0.2, -0.15) is 0 Å². The molecule has 38 heavy (non-hydrogen) atoms. The van der Waals surface area contributed by atoms with Gasteiger partial charge >= 0.3 is 0 Å². The minimum absolute atomic E-state index is 0.105. The summed E-state index contributed by atoms with van der Waals surface area (Å²) in [6.45, 7) is 7.05. The van der Waals surface area contributed by atoms with E-state index in [1.165, 1.54) is 18.5 Å². The van der Waals surface area contributed by atoms with Crippen LogP contribution in [-0.4, -0.2) is 36.4 Å². The molecule has 0 bridgehead atoms. The van der Waals surface area contributed by atoms with E-state index in [-0.39, 0.29) is 27.9 Å². The SMILES string of the molecule is Cc1ccnc(C)c1C(=O)c1ncc(Cl)cc1N.Cc1ccnc(C)c1C(=O)c1ncc(Cl)cc1[N+](=O)[O-]. The van der Waals surface area contributed by atoms with Crippen LogP contribution in [0.15, 0.2) is 49.1 Å². The van der Waals surface area contributed by atoms with Gasteiger partial charge in [0.05, 0.1) is 20.7 Å². The van der Waals surface area contributed by atoms with Crippen LogP contribution in [-0.2, 0) is 0 Å². The van der Waals surface area contributed by atoms with Crippen LogP contribution in [0, 0.1) is 37.8 Å². The van der Waals surface area contributed by atoms with E-state index in [1.807, 2.05) is 6.92 Å². The fourth-order valence-corrected chi connectivity index (χ4v) is 4.02. The number of anilines is 1. The third-order valence-electron chi connectivity index (χ3n) is 5.50. The molecule has 0 aliphatic rings. The molecule has 0 fully saturated rings. The maximum Gasteiger partial charge on any atom is 0.300 e. The van der Waals surface area contributed by atoms with Crippen molar-refractivity contribution in [2.24, 2.45) is 0 Å². The van der Waals surface area contributed by atoms with Gasteiger partial charge in [0.2, 0.25) is 11.6 Å². The van der Waals surface area contributed by atoms with Crippen molar-refractivity contribution >= 4 is 46.1 Å². The Morgan fingerprint density at radius 3 is 1.68 bits per heavy atom. The number of nitro groups is 1. The fourth-order valence-electron chi connectivity index (χ4n) is 3.70. The number of ketones is 2. The normalized spacial score (nSPS) is 10.4. The predicted molar refractivity (Wildman–Crippen MR) is 144 cm³/mol. The van der Waals surface area contributed by atoms with Crippen LogP contribution in [0.4, 0.5) is 11.4 Å². The van der Waals surface area contributed by atoms with Gasteiger partial charge in [0.15, 0.2) is 5.69 Å². The smallest absolute Gasteiger partial charge is 0.300 e. The van der Waals surface area contributed by atoms with E-state index >= 15 is 0 Å². The third-order valence-corrected chi connectivity index (χ3v) is 5.91. The highest BCUT2D eigenvalue weighted by molar-refractivity contribution is 6.31. The maximum atomic E-state index is 12.5. The zero-order valence-electron chi connectivity index (χ0n) is 20.8. The highest BCUT2D eigenvalue weighted by Gasteiger charge is 2.26. The van der Waals surface area contributed by atoms with Crippen molar-refractivity contribution in [3.8, 4) is 0 Å². The lowest BCUT2D eigenvalue weighted by atomic mass is 10.0. The average molecular weight is 553 g/mol. The molecule has 194 valence electrons. The molecule has 0 spiro atoms. The molecule has 4 rings (SSSR count). The van der Waals surface area contributed by atoms with E-state index in [9.17, 15) is 19.7 Å². The molecule has 0 saturated carbocycles. The van der Waals surface area contributed by atoms with Crippen LogP contribution in [0.5, 0.6) is 0 Å². The van der Waals surface area contributed by atoms with Crippen LogP contribution < -0.4 is 5.73 Å². The molecule has 0 atom stereocenters. The summed E-state index contributed by atoms with van der Waals surface area (Å²) < 4.78 is 0. The zero-order valence-corrected chi connectivity index (χ0v) is 22.3. The highest BCUT2D eigenvalue weighted by atomic mass is 35.5. The van der Waals surface area contributed by atoms with Gasteiger partial charge in [-0.15, -0.1) is 0 Å². The standard InChI is InChI=1S/C13H10ClN3O3.C13H12ClN3O/c1-7-3-4-15-8(2)11(7)13(18)12-10(17(19)20)5-9(14)6-16-12;1-7-3-4-16-8(2)11(7)13(18)12-10(15)5-9(14)6-17-12/h3-6H,1-2H3;3-6H,15H2,1-2H3. The zero-order chi connectivity index (χ0) is 28.1. The molecule has 10 nitrogen and oxygen atoms in total. The third kappa shape index (κ3) is 6.16. The number of hydrogen-bond acceptors (Lipinski definition) is 9. The Morgan fingerprint density at radius 1 is 0.789 bits per heavy atom. The number of rotatable bonds is 5. The van der Waals surface area contributed by atoms with Crippen LogP contribution in [0.3, 0.4) is 0 Å². The largest absolute Gasteiger partial charge is 0.397 e. The van der Waals surface area contributed by atoms with E-state index < -0.39 is 16.4 Å². The molecule has 0 aliphatic carbocycles. The number of aromatic nitrogens is 4. The Morgan fingerprint density at radius 2 is 1.24 bits per heavy atom. The molecule has 0 radical (unpaired) electrons. The topological polar surface area (TPSA) is 155 Å². The van der Waals surface area contributed by atoms with Crippen molar-refractivity contribution in [3.05, 3.63) is 114 Å². The fraction of sp³-hybridized carbons (Fsp3) is 0.154. The van der Waals surface area contributed by atoms with Gasteiger partial charge in [-0.05, 0) is 57.0 Å². The molecule has 12 heteroatoms. The minimum atomic E-state index is -0.673. The average Bonchev–Trinajstić information content (AvgIpc) is 2.84. The highest BCUT2D eigenvalue weighted by Crippen LogP contribution is 2.25. The van der Waals surface area contributed by atoms with Crippen molar-refractivity contribution in [1.82, 2.24) is 19.9 Å². The van der Waals surface area contributed by atoms with E-state index in [0.29, 0.717) is 33.1 Å². The van der Waals surface area contributed by atoms with Gasteiger partial charge in [-0.1, -0.05) is 23.2 Å². The molecule has 4 heterocycles. The summed E-state index contributed by atoms with van der Waals surface area (Å²) in [4.78, 5) is 51.2. The first kappa shape index (κ1) is 28.3. The predicted octanol–water partition coefficient (Wildman–Crippen LogP) is 5.45. The summed E-state index contributed by atoms with van der Waals surface area (Å²) in [5.41, 5.74) is 9.17. The van der Waals surface area contributed by atoms with Gasteiger partial charge in [0.25, 0.3) is 5.69 Å². The molecule has 0 saturated heterocycles. The molecule has 2 N–H and O–H groups in total. The second kappa shape index (κ2) is 11.8. The van der Waals surface area contributed by atoms with E-state index in [1.54, 1.807) is 45.3 Å². The number of nitrogen functional groups attached to an aromatic ring is 1. The molecule has 0 amide bonds. The second-order valence-corrected chi connectivity index (χ2v) is 9.08. The lowest BCUT2D eigenvalue weighted by Crippen LogP contribution is -2.12. The summed E-state index contributed by atoms with van der Waals surface area (Å²) >= 11 is 11.4. The van der Waals surface area contributed by atoms with Crippen molar-refractivity contribution in [1.29, 1.82) is 0 Å². The summed E-state index contributed by atoms with van der Waals surface area (Å²) in [7, 11) is 0. The molecular formula is C26H22Cl2N6O4. The van der Waals surface area contributed by atoms with Crippen LogP contribution in [0.25, 0.3) is 0 Å². The first-order valence-corrected chi connectivity index (χ1v) is 11.8. The van der Waals surface area contributed by atoms with Crippen LogP contribution in [0.1, 0.15) is 54.6 Å². The number of halogens is 2. The van der Waals surface area contributed by atoms with E-state index in [0.717, 1.165) is 11.6 Å². The number of carbonyl (C=O) groups is 2. The first-order valence-electron chi connectivity index (χ1n) is 11.1. The Bertz CT molecular complexity index is 1540. The van der Waals surface area contributed by atoms with Gasteiger partial charge in [-0.25, -0.2) is 9.97 Å². The molecule has 4 aromatic rings. The van der Waals surface area contributed by atoms with Gasteiger partial charge in [0, 0.05) is 53.4 Å². The Hall–Kier alpha value is -4.28. The molecular weight excluding hydrogens is 531 g/mol. The quantitative estimate of drug-likeness (QED) is 0.193. The molecule has 0 aromatic carbocycles.